The minimum atomic E-state index is -4.76. The number of aliphatic hydroxyl groups excluding tert-OH is 1. The van der Waals surface area contributed by atoms with E-state index in [0.717, 1.165) is 27.3 Å². The molecule has 3 rings (SSSR count). The fraction of sp³-hybridized carbons (Fsp3) is 0.280. The first-order chi connectivity index (χ1) is 16.1. The Labute approximate surface area is 199 Å². The summed E-state index contributed by atoms with van der Waals surface area (Å²) < 4.78 is 39.6. The minimum Gasteiger partial charge on any atom is -0.396 e. The number of carbonyl (C=O) groups is 1. The van der Waals surface area contributed by atoms with Gasteiger partial charge in [0.05, 0.1) is 17.2 Å². The van der Waals surface area contributed by atoms with E-state index in [2.05, 4.69) is 5.32 Å². The van der Waals surface area contributed by atoms with Crippen LogP contribution in [-0.2, 0) is 17.4 Å². The van der Waals surface area contributed by atoms with Crippen LogP contribution in [0.1, 0.15) is 30.0 Å². The van der Waals surface area contributed by atoms with E-state index in [4.69, 9.17) is 10.4 Å². The van der Waals surface area contributed by atoms with Gasteiger partial charge in [-0.05, 0) is 60.4 Å². The van der Waals surface area contributed by atoms with Gasteiger partial charge in [-0.3, -0.25) is 4.79 Å². The van der Waals surface area contributed by atoms with Crippen LogP contribution in [0.15, 0.2) is 59.5 Å². The van der Waals surface area contributed by atoms with Crippen molar-refractivity contribution in [3.8, 4) is 6.07 Å². The average Bonchev–Trinajstić information content (AvgIpc) is 2.80. The number of nitrogens with one attached hydrogen (secondary N) is 1. The molecule has 9 heteroatoms. The van der Waals surface area contributed by atoms with Gasteiger partial charge < -0.3 is 15.5 Å². The first kappa shape index (κ1) is 25.6. The molecule has 3 aromatic rings. The van der Waals surface area contributed by atoms with Gasteiger partial charge in [0.2, 0.25) is 0 Å². The summed E-state index contributed by atoms with van der Waals surface area (Å²) in [5, 5.41) is 33.1. The molecule has 0 aromatic heterocycles. The molecule has 1 unspecified atom stereocenters. The molecule has 0 saturated heterocycles. The molecule has 0 spiro atoms. The molecule has 0 heterocycles. The number of hydrogen-bond acceptors (Lipinski definition) is 5. The van der Waals surface area contributed by atoms with Crippen molar-refractivity contribution in [2.75, 3.05) is 17.7 Å². The summed E-state index contributed by atoms with van der Waals surface area (Å²) in [4.78, 5) is 13.5. The van der Waals surface area contributed by atoms with Crippen molar-refractivity contribution in [2.45, 2.75) is 36.4 Å². The SMILES string of the molecule is CC(O)(CSc1cccc2c(CCCO)cccc12)C(=O)Nc1ccc(C#N)c(C(F)(F)F)c1. The number of nitriles is 1. The maximum Gasteiger partial charge on any atom is 0.417 e. The number of halogens is 3. The summed E-state index contributed by atoms with van der Waals surface area (Å²) in [6.45, 7) is 1.38. The number of amides is 1. The van der Waals surface area contributed by atoms with Crippen LogP contribution in [0.25, 0.3) is 10.8 Å². The zero-order chi connectivity index (χ0) is 24.9. The van der Waals surface area contributed by atoms with Crippen LogP contribution >= 0.6 is 11.8 Å². The third-order valence-electron chi connectivity index (χ3n) is 5.28. The molecule has 0 bridgehead atoms. The predicted molar refractivity (Wildman–Crippen MR) is 125 cm³/mol. The Hall–Kier alpha value is -3.06. The maximum absolute atomic E-state index is 13.2. The first-order valence-electron chi connectivity index (χ1n) is 10.5. The van der Waals surface area contributed by atoms with E-state index in [1.54, 1.807) is 0 Å². The van der Waals surface area contributed by atoms with Crippen molar-refractivity contribution in [3.63, 3.8) is 0 Å². The van der Waals surface area contributed by atoms with Gasteiger partial charge in [-0.25, -0.2) is 0 Å². The quantitative estimate of drug-likeness (QED) is 0.382. The first-order valence-corrected chi connectivity index (χ1v) is 11.4. The molecule has 1 atom stereocenters. The highest BCUT2D eigenvalue weighted by atomic mass is 32.2. The van der Waals surface area contributed by atoms with E-state index >= 15 is 0 Å². The van der Waals surface area contributed by atoms with Crippen molar-refractivity contribution in [1.82, 2.24) is 0 Å². The molecular weight excluding hydrogens is 465 g/mol. The normalized spacial score (nSPS) is 13.3. The molecule has 0 aliphatic carbocycles. The fourth-order valence-corrected chi connectivity index (χ4v) is 4.54. The highest BCUT2D eigenvalue weighted by Crippen LogP contribution is 2.35. The van der Waals surface area contributed by atoms with Gasteiger partial charge in [0.1, 0.15) is 5.60 Å². The number of rotatable bonds is 8. The lowest BCUT2D eigenvalue weighted by Crippen LogP contribution is -2.42. The lowest BCUT2D eigenvalue weighted by Gasteiger charge is -2.23. The van der Waals surface area contributed by atoms with Crippen LogP contribution in [0.5, 0.6) is 0 Å². The van der Waals surface area contributed by atoms with Crippen LogP contribution in [0.4, 0.5) is 18.9 Å². The summed E-state index contributed by atoms with van der Waals surface area (Å²) in [6, 6.07) is 15.9. The predicted octanol–water partition coefficient (Wildman–Crippen LogP) is 5.14. The van der Waals surface area contributed by atoms with E-state index in [1.165, 1.54) is 30.8 Å². The maximum atomic E-state index is 13.2. The van der Waals surface area contributed by atoms with Crippen LogP contribution < -0.4 is 5.32 Å². The molecule has 1 amide bonds. The third kappa shape index (κ3) is 5.89. The zero-order valence-corrected chi connectivity index (χ0v) is 19.1. The minimum absolute atomic E-state index is 0.0405. The van der Waals surface area contributed by atoms with Gasteiger partial charge >= 0.3 is 6.18 Å². The summed E-state index contributed by atoms with van der Waals surface area (Å²) in [5.41, 5.74) is -2.68. The number of alkyl halides is 3. The molecule has 0 radical (unpaired) electrons. The van der Waals surface area contributed by atoms with Crippen molar-refractivity contribution < 1.29 is 28.2 Å². The monoisotopic (exact) mass is 488 g/mol. The number of carbonyl (C=O) groups excluding carboxylic acids is 1. The zero-order valence-electron chi connectivity index (χ0n) is 18.3. The average molecular weight is 489 g/mol. The van der Waals surface area contributed by atoms with E-state index in [9.17, 15) is 23.1 Å². The summed E-state index contributed by atoms with van der Waals surface area (Å²) in [7, 11) is 0. The van der Waals surface area contributed by atoms with Gasteiger partial charge in [-0.1, -0.05) is 30.3 Å². The molecule has 5 nitrogen and oxygen atoms in total. The van der Waals surface area contributed by atoms with Crippen LogP contribution in [-0.4, -0.2) is 34.1 Å². The summed E-state index contributed by atoms with van der Waals surface area (Å²) >= 11 is 1.26. The van der Waals surface area contributed by atoms with E-state index in [0.29, 0.717) is 18.9 Å². The second kappa shape index (κ2) is 10.5. The number of thioether (sulfide) groups is 1. The molecule has 0 fully saturated rings. The summed E-state index contributed by atoms with van der Waals surface area (Å²) in [5.74, 6) is -0.900. The molecule has 178 valence electrons. The van der Waals surface area contributed by atoms with Gasteiger partial charge in [0, 0.05) is 22.9 Å². The van der Waals surface area contributed by atoms with Crippen LogP contribution in [0, 0.1) is 11.3 Å². The number of anilines is 1. The molecule has 3 aromatic carbocycles. The number of aliphatic hydroxyl groups is 2. The lowest BCUT2D eigenvalue weighted by atomic mass is 10.0. The number of nitrogens with zero attached hydrogens (tertiary/aromatic N) is 1. The molecule has 3 N–H and O–H groups in total. The Morgan fingerprint density at radius 2 is 1.82 bits per heavy atom. The Balaban J connectivity index is 1.76. The van der Waals surface area contributed by atoms with Crippen molar-refractivity contribution in [1.29, 1.82) is 5.26 Å². The molecule has 0 aliphatic heterocycles. The largest absolute Gasteiger partial charge is 0.417 e. The Kier molecular flexibility index (Phi) is 7.87. The number of aryl methyl sites for hydroxylation is 1. The second-order valence-corrected chi connectivity index (χ2v) is 9.00. The fourth-order valence-electron chi connectivity index (χ4n) is 3.46. The van der Waals surface area contributed by atoms with E-state index in [1.807, 2.05) is 36.4 Å². The Morgan fingerprint density at radius 3 is 2.50 bits per heavy atom. The Bertz CT molecular complexity index is 1240. The highest BCUT2D eigenvalue weighted by Gasteiger charge is 2.35. The van der Waals surface area contributed by atoms with Gasteiger partial charge in [0.25, 0.3) is 5.91 Å². The lowest BCUT2D eigenvalue weighted by molar-refractivity contribution is -0.137. The Morgan fingerprint density at radius 1 is 1.12 bits per heavy atom. The molecule has 34 heavy (non-hydrogen) atoms. The smallest absolute Gasteiger partial charge is 0.396 e. The number of fused-ring (bicyclic) bond motifs is 1. The van der Waals surface area contributed by atoms with E-state index in [-0.39, 0.29) is 18.0 Å². The van der Waals surface area contributed by atoms with Gasteiger partial charge in [-0.2, -0.15) is 18.4 Å². The molecular formula is C25H23F3N2O3S. The topological polar surface area (TPSA) is 93.3 Å². The third-order valence-corrected chi connectivity index (χ3v) is 6.65. The van der Waals surface area contributed by atoms with Crippen LogP contribution in [0.2, 0.25) is 0 Å². The van der Waals surface area contributed by atoms with Crippen molar-refractivity contribution in [2.24, 2.45) is 0 Å². The van der Waals surface area contributed by atoms with Crippen molar-refractivity contribution in [3.05, 3.63) is 71.3 Å². The highest BCUT2D eigenvalue weighted by molar-refractivity contribution is 7.99. The van der Waals surface area contributed by atoms with Gasteiger partial charge in [0.15, 0.2) is 0 Å². The van der Waals surface area contributed by atoms with Gasteiger partial charge in [-0.15, -0.1) is 11.8 Å². The standard InChI is InChI=1S/C25H23F3N2O3S/c1-24(33,23(32)30-18-11-10-17(14-29)21(13-18)25(26,27)28)15-34-22-9-3-7-19-16(6-4-12-31)5-2-8-20(19)22/h2-3,5,7-11,13,31,33H,4,6,12,15H2,1H3,(H,30,32). The molecule has 0 saturated carbocycles. The van der Waals surface area contributed by atoms with Crippen LogP contribution in [0.3, 0.4) is 0 Å². The van der Waals surface area contributed by atoms with Crippen molar-refractivity contribution >= 4 is 34.1 Å². The molecule has 0 aliphatic rings. The number of benzene rings is 3. The number of hydrogen-bond donors (Lipinski definition) is 3. The summed E-state index contributed by atoms with van der Waals surface area (Å²) in [6.07, 6.45) is -3.40. The second-order valence-electron chi connectivity index (χ2n) is 7.98. The van der Waals surface area contributed by atoms with E-state index < -0.39 is 28.8 Å².